The average molecular weight is 457 g/mol. The highest BCUT2D eigenvalue weighted by Gasteiger charge is 2.58. The molecule has 33 heavy (non-hydrogen) atoms. The molecule has 3 aromatic heterocycles. The molecular weight excluding hydrogens is 439 g/mol. The van der Waals surface area contributed by atoms with Crippen molar-refractivity contribution in [3.05, 3.63) is 64.6 Å². The van der Waals surface area contributed by atoms with Crippen LogP contribution in [0.2, 0.25) is 0 Å². The Kier molecular flexibility index (Phi) is 4.17. The second kappa shape index (κ2) is 6.90. The normalized spacial score (nSPS) is 22.2. The predicted molar refractivity (Wildman–Crippen MR) is 110 cm³/mol. The van der Waals surface area contributed by atoms with Gasteiger partial charge in [0.15, 0.2) is 17.0 Å². The molecule has 2 aliphatic rings. The Morgan fingerprint density at radius 3 is 2.48 bits per heavy atom. The first-order valence-corrected chi connectivity index (χ1v) is 10.4. The second-order valence-corrected chi connectivity index (χ2v) is 8.55. The van der Waals surface area contributed by atoms with Gasteiger partial charge in [0.2, 0.25) is 5.89 Å². The summed E-state index contributed by atoms with van der Waals surface area (Å²) in [6.45, 7) is 1.57. The number of anilines is 1. The van der Waals surface area contributed by atoms with Gasteiger partial charge in [0.1, 0.15) is 12.9 Å². The topological polar surface area (TPSA) is 94.9 Å². The molecule has 0 amide bonds. The van der Waals surface area contributed by atoms with E-state index in [2.05, 4.69) is 25.0 Å². The predicted octanol–water partition coefficient (Wildman–Crippen LogP) is 2.43. The number of nitrogens with zero attached hydrogens (tertiary/aromatic N) is 7. The number of fused-ring (bicyclic) bond motifs is 2. The second-order valence-electron chi connectivity index (χ2n) is 8.55. The maximum absolute atomic E-state index is 12.8. The fourth-order valence-corrected chi connectivity index (χ4v) is 4.78. The number of piperidine rings is 1. The number of rotatable bonds is 4. The summed E-state index contributed by atoms with van der Waals surface area (Å²) in [5.74, 6) is 1.73. The molecule has 0 spiro atoms. The third kappa shape index (κ3) is 3.28. The van der Waals surface area contributed by atoms with E-state index in [1.54, 1.807) is 11.6 Å². The quantitative estimate of drug-likeness (QED) is 0.465. The molecule has 0 bridgehead atoms. The van der Waals surface area contributed by atoms with Crippen LogP contribution in [0.1, 0.15) is 23.2 Å². The van der Waals surface area contributed by atoms with Gasteiger partial charge in [-0.1, -0.05) is 5.16 Å². The number of imidazole rings is 1. The minimum absolute atomic E-state index is 0.111. The van der Waals surface area contributed by atoms with Crippen molar-refractivity contribution in [2.24, 2.45) is 18.9 Å². The van der Waals surface area contributed by atoms with E-state index < -0.39 is 11.7 Å². The van der Waals surface area contributed by atoms with Gasteiger partial charge in [0, 0.05) is 31.7 Å². The zero-order chi connectivity index (χ0) is 22.9. The first-order valence-electron chi connectivity index (χ1n) is 10.4. The lowest BCUT2D eigenvalue weighted by molar-refractivity contribution is -0.137. The summed E-state index contributed by atoms with van der Waals surface area (Å²) < 4.78 is 46.7. The van der Waals surface area contributed by atoms with Crippen molar-refractivity contribution >= 4 is 16.9 Å². The molecule has 4 aromatic rings. The van der Waals surface area contributed by atoms with E-state index in [4.69, 9.17) is 4.52 Å². The van der Waals surface area contributed by atoms with Crippen molar-refractivity contribution in [1.82, 2.24) is 29.2 Å². The Morgan fingerprint density at radius 1 is 1.09 bits per heavy atom. The number of hydrogen-bond acceptors (Lipinski definition) is 7. The van der Waals surface area contributed by atoms with Gasteiger partial charge < -0.3 is 14.0 Å². The molecule has 2 fully saturated rings. The molecule has 0 N–H and O–H groups in total. The number of alkyl halides is 3. The van der Waals surface area contributed by atoms with Gasteiger partial charge >= 0.3 is 6.18 Å². The maximum atomic E-state index is 12.8. The van der Waals surface area contributed by atoms with Crippen LogP contribution in [0.15, 0.2) is 46.2 Å². The summed E-state index contributed by atoms with van der Waals surface area (Å²) >= 11 is 0. The molecule has 4 heterocycles. The van der Waals surface area contributed by atoms with E-state index in [1.165, 1.54) is 29.4 Å². The Hall–Kier alpha value is -3.70. The molecule has 6 rings (SSSR count). The fourth-order valence-electron chi connectivity index (χ4n) is 4.78. The van der Waals surface area contributed by atoms with Crippen LogP contribution in [-0.2, 0) is 19.8 Å². The molecule has 1 saturated heterocycles. The van der Waals surface area contributed by atoms with Crippen LogP contribution in [0.25, 0.3) is 11.2 Å². The summed E-state index contributed by atoms with van der Waals surface area (Å²) in [5.41, 5.74) is 0.672. The van der Waals surface area contributed by atoms with Crippen LogP contribution < -0.4 is 10.5 Å². The van der Waals surface area contributed by atoms with Gasteiger partial charge in [0.05, 0.1) is 11.9 Å². The van der Waals surface area contributed by atoms with Crippen molar-refractivity contribution < 1.29 is 17.7 Å². The van der Waals surface area contributed by atoms with Crippen molar-refractivity contribution in [2.75, 3.05) is 18.0 Å². The Morgan fingerprint density at radius 2 is 1.79 bits per heavy atom. The number of aryl methyl sites for hydroxylation is 1. The van der Waals surface area contributed by atoms with Crippen LogP contribution in [0.3, 0.4) is 0 Å². The molecule has 12 heteroatoms. The molecule has 1 saturated carbocycles. The smallest absolute Gasteiger partial charge is 0.371 e. The molecule has 1 aliphatic heterocycles. The minimum atomic E-state index is -4.34. The van der Waals surface area contributed by atoms with Crippen molar-refractivity contribution in [3.8, 4) is 0 Å². The van der Waals surface area contributed by atoms with Gasteiger partial charge in [-0.3, -0.25) is 9.36 Å². The SMILES string of the molecule is Cn1cnc2ncn(Cc3nc([C@@H]4[C@@H]5CN(c6ccc(C(F)(F)F)cc6)C[C@@H]54)no3)c(=O)c21. The van der Waals surface area contributed by atoms with Crippen molar-refractivity contribution in [1.29, 1.82) is 0 Å². The van der Waals surface area contributed by atoms with E-state index in [9.17, 15) is 18.0 Å². The van der Waals surface area contributed by atoms with Crippen molar-refractivity contribution in [2.45, 2.75) is 18.6 Å². The molecular formula is C21H18F3N7O2. The summed E-state index contributed by atoms with van der Waals surface area (Å²) in [6.07, 6.45) is -1.39. The van der Waals surface area contributed by atoms with E-state index in [1.807, 2.05) is 0 Å². The van der Waals surface area contributed by atoms with Crippen molar-refractivity contribution in [3.63, 3.8) is 0 Å². The van der Waals surface area contributed by atoms with Crippen LogP contribution in [-0.4, -0.2) is 42.3 Å². The highest BCUT2D eigenvalue weighted by molar-refractivity contribution is 5.68. The van der Waals surface area contributed by atoms with Crippen LogP contribution in [0.5, 0.6) is 0 Å². The zero-order valence-corrected chi connectivity index (χ0v) is 17.4. The summed E-state index contributed by atoms with van der Waals surface area (Å²) in [6, 6.07) is 5.25. The lowest BCUT2D eigenvalue weighted by Gasteiger charge is -2.22. The van der Waals surface area contributed by atoms with E-state index in [-0.39, 0.29) is 18.0 Å². The van der Waals surface area contributed by atoms with E-state index in [0.29, 0.717) is 34.7 Å². The number of halogens is 3. The molecule has 1 aromatic carbocycles. The third-order valence-electron chi connectivity index (χ3n) is 6.54. The highest BCUT2D eigenvalue weighted by Crippen LogP contribution is 2.58. The number of benzene rings is 1. The molecule has 0 unspecified atom stereocenters. The number of aromatic nitrogens is 6. The lowest BCUT2D eigenvalue weighted by Crippen LogP contribution is -2.24. The standard InChI is InChI=1S/C21H18F3N7O2/c1-29-9-25-19-17(29)20(32)31(10-26-19)8-15-27-18(28-33-15)16-13-6-30(7-14(13)16)12-4-2-11(3-5-12)21(22,23)24/h2-5,9-10,13-14,16H,6-8H2,1H3/t13-,14+,16-. The lowest BCUT2D eigenvalue weighted by atomic mass is 10.1. The molecule has 170 valence electrons. The van der Waals surface area contributed by atoms with Gasteiger partial charge in [-0.25, -0.2) is 9.97 Å². The minimum Gasteiger partial charge on any atom is -0.371 e. The Balaban J connectivity index is 1.13. The van der Waals surface area contributed by atoms with Gasteiger partial charge in [-0.15, -0.1) is 0 Å². The third-order valence-corrected chi connectivity index (χ3v) is 6.54. The van der Waals surface area contributed by atoms with E-state index in [0.717, 1.165) is 30.9 Å². The monoisotopic (exact) mass is 457 g/mol. The summed E-state index contributed by atoms with van der Waals surface area (Å²) in [4.78, 5) is 27.5. The Labute approximate surface area is 184 Å². The van der Waals surface area contributed by atoms with Gasteiger partial charge in [-0.2, -0.15) is 18.2 Å². The van der Waals surface area contributed by atoms with Gasteiger partial charge in [-0.05, 0) is 36.1 Å². The molecule has 9 nitrogen and oxygen atoms in total. The molecule has 3 atom stereocenters. The van der Waals surface area contributed by atoms with Crippen LogP contribution >= 0.6 is 0 Å². The molecule has 1 aliphatic carbocycles. The number of hydrogen-bond donors (Lipinski definition) is 0. The highest BCUT2D eigenvalue weighted by atomic mass is 19.4. The first kappa shape index (κ1) is 19.9. The average Bonchev–Trinajstić information content (AvgIpc) is 3.20. The zero-order valence-electron chi connectivity index (χ0n) is 17.4. The van der Waals surface area contributed by atoms with Crippen LogP contribution in [0.4, 0.5) is 18.9 Å². The summed E-state index contributed by atoms with van der Waals surface area (Å²) in [7, 11) is 1.73. The van der Waals surface area contributed by atoms with Gasteiger partial charge in [0.25, 0.3) is 5.56 Å². The van der Waals surface area contributed by atoms with Crippen LogP contribution in [0, 0.1) is 11.8 Å². The maximum Gasteiger partial charge on any atom is 0.416 e. The Bertz CT molecular complexity index is 1390. The van der Waals surface area contributed by atoms with E-state index >= 15 is 0 Å². The fraction of sp³-hybridized carbons (Fsp3) is 0.381. The summed E-state index contributed by atoms with van der Waals surface area (Å²) in [5, 5.41) is 4.11. The largest absolute Gasteiger partial charge is 0.416 e. The molecule has 0 radical (unpaired) electrons. The first-order chi connectivity index (χ1) is 15.8.